The Morgan fingerprint density at radius 2 is 2.14 bits per heavy atom. The molecule has 1 aromatic heterocycles. The van der Waals surface area contributed by atoms with Gasteiger partial charge < -0.3 is 4.74 Å². The average Bonchev–Trinajstić information content (AvgIpc) is 2.13. The van der Waals surface area contributed by atoms with Crippen molar-refractivity contribution in [2.75, 3.05) is 6.61 Å². The van der Waals surface area contributed by atoms with Gasteiger partial charge in [0, 0.05) is 0 Å². The summed E-state index contributed by atoms with van der Waals surface area (Å²) in [6, 6.07) is 0. The number of aromatic nitrogens is 2. The molecule has 0 aromatic carbocycles. The maximum absolute atomic E-state index is 13.3. The minimum absolute atomic E-state index is 0.00963. The van der Waals surface area contributed by atoms with Gasteiger partial charge in [-0.25, -0.2) is 4.98 Å². The largest absolute Gasteiger partial charge is 0.475 e. The molecule has 0 unspecified atom stereocenters. The molecule has 0 aliphatic carbocycles. The zero-order valence-electron chi connectivity index (χ0n) is 8.18. The van der Waals surface area contributed by atoms with Crippen molar-refractivity contribution in [2.45, 2.75) is 26.7 Å². The van der Waals surface area contributed by atoms with Gasteiger partial charge >= 0.3 is 0 Å². The molecule has 0 amide bonds. The molecule has 0 N–H and O–H groups in total. The SMILES string of the molecule is CCCCOc1nc(Cl)nc(C)c1F. The second-order valence-corrected chi connectivity index (χ2v) is 3.24. The highest BCUT2D eigenvalue weighted by Crippen LogP contribution is 2.18. The van der Waals surface area contributed by atoms with Crippen LogP contribution >= 0.6 is 11.6 Å². The molecule has 0 fully saturated rings. The molecule has 0 saturated heterocycles. The predicted octanol–water partition coefficient (Wildman–Crippen LogP) is 2.76. The van der Waals surface area contributed by atoms with Gasteiger partial charge in [0.05, 0.1) is 12.3 Å². The molecule has 1 aromatic rings. The van der Waals surface area contributed by atoms with Crippen LogP contribution in [0.15, 0.2) is 0 Å². The zero-order chi connectivity index (χ0) is 10.6. The highest BCUT2D eigenvalue weighted by Gasteiger charge is 2.11. The Morgan fingerprint density at radius 3 is 2.79 bits per heavy atom. The van der Waals surface area contributed by atoms with Gasteiger partial charge in [-0.15, -0.1) is 0 Å². The first-order chi connectivity index (χ1) is 6.65. The van der Waals surface area contributed by atoms with Crippen molar-refractivity contribution in [2.24, 2.45) is 0 Å². The van der Waals surface area contributed by atoms with E-state index in [9.17, 15) is 4.39 Å². The monoisotopic (exact) mass is 218 g/mol. The summed E-state index contributed by atoms with van der Waals surface area (Å²) in [6.07, 6.45) is 1.85. The van der Waals surface area contributed by atoms with E-state index in [4.69, 9.17) is 16.3 Å². The van der Waals surface area contributed by atoms with Crippen molar-refractivity contribution < 1.29 is 9.13 Å². The van der Waals surface area contributed by atoms with E-state index in [0.717, 1.165) is 12.8 Å². The van der Waals surface area contributed by atoms with Gasteiger partial charge in [0.15, 0.2) is 0 Å². The van der Waals surface area contributed by atoms with Gasteiger partial charge in [0.1, 0.15) is 0 Å². The van der Waals surface area contributed by atoms with Gasteiger partial charge in [0.25, 0.3) is 5.88 Å². The van der Waals surface area contributed by atoms with Gasteiger partial charge in [-0.2, -0.15) is 9.37 Å². The molecular weight excluding hydrogens is 207 g/mol. The molecule has 0 aliphatic heterocycles. The van der Waals surface area contributed by atoms with Crippen molar-refractivity contribution in [1.29, 1.82) is 0 Å². The van der Waals surface area contributed by atoms with E-state index >= 15 is 0 Å². The average molecular weight is 219 g/mol. The third kappa shape index (κ3) is 2.80. The molecule has 0 bridgehead atoms. The van der Waals surface area contributed by atoms with Gasteiger partial charge in [-0.05, 0) is 24.9 Å². The van der Waals surface area contributed by atoms with E-state index in [2.05, 4.69) is 9.97 Å². The number of hydrogen-bond acceptors (Lipinski definition) is 3. The topological polar surface area (TPSA) is 35.0 Å². The lowest BCUT2D eigenvalue weighted by Gasteiger charge is -2.06. The Hall–Kier alpha value is -0.900. The van der Waals surface area contributed by atoms with E-state index in [0.29, 0.717) is 6.61 Å². The molecule has 14 heavy (non-hydrogen) atoms. The maximum atomic E-state index is 13.3. The Kier molecular flexibility index (Phi) is 4.07. The number of halogens is 2. The second-order valence-electron chi connectivity index (χ2n) is 2.90. The third-order valence-corrected chi connectivity index (χ3v) is 1.86. The van der Waals surface area contributed by atoms with Crippen LogP contribution in [0.25, 0.3) is 0 Å². The normalized spacial score (nSPS) is 10.3. The molecule has 3 nitrogen and oxygen atoms in total. The number of ether oxygens (including phenoxy) is 1. The summed E-state index contributed by atoms with van der Waals surface area (Å²) in [5, 5.41) is 0.00963. The molecule has 0 saturated carbocycles. The highest BCUT2D eigenvalue weighted by molar-refractivity contribution is 6.28. The minimum atomic E-state index is -0.537. The molecule has 1 heterocycles. The fourth-order valence-electron chi connectivity index (χ4n) is 0.909. The third-order valence-electron chi connectivity index (χ3n) is 1.70. The fourth-order valence-corrected chi connectivity index (χ4v) is 1.11. The summed E-state index contributed by atoms with van der Waals surface area (Å²) in [5.74, 6) is -0.596. The first kappa shape index (κ1) is 11.2. The van der Waals surface area contributed by atoms with Crippen molar-refractivity contribution >= 4 is 11.6 Å². The van der Waals surface area contributed by atoms with Crippen LogP contribution in [0.3, 0.4) is 0 Å². The summed E-state index contributed by atoms with van der Waals surface area (Å²) in [6.45, 7) is 3.99. The first-order valence-electron chi connectivity index (χ1n) is 4.47. The Morgan fingerprint density at radius 1 is 1.43 bits per heavy atom. The number of aryl methyl sites for hydroxylation is 1. The highest BCUT2D eigenvalue weighted by atomic mass is 35.5. The van der Waals surface area contributed by atoms with Crippen LogP contribution in [-0.2, 0) is 0 Å². The van der Waals surface area contributed by atoms with E-state index in [-0.39, 0.29) is 16.9 Å². The zero-order valence-corrected chi connectivity index (χ0v) is 8.94. The molecule has 1 rings (SSSR count). The van der Waals surface area contributed by atoms with E-state index in [1.807, 2.05) is 6.92 Å². The van der Waals surface area contributed by atoms with E-state index in [1.54, 1.807) is 0 Å². The number of hydrogen-bond donors (Lipinski definition) is 0. The smallest absolute Gasteiger partial charge is 0.255 e. The summed E-state index contributed by atoms with van der Waals surface area (Å²) in [4.78, 5) is 7.32. The van der Waals surface area contributed by atoms with Crippen LogP contribution in [0.4, 0.5) is 4.39 Å². The molecule has 0 aliphatic rings. The summed E-state index contributed by atoms with van der Waals surface area (Å²) >= 11 is 5.57. The summed E-state index contributed by atoms with van der Waals surface area (Å²) in [5.41, 5.74) is 0.205. The molecule has 0 spiro atoms. The van der Waals surface area contributed by atoms with E-state index in [1.165, 1.54) is 6.92 Å². The Balaban J connectivity index is 2.75. The van der Waals surface area contributed by atoms with Crippen molar-refractivity contribution in [3.05, 3.63) is 16.8 Å². The van der Waals surface area contributed by atoms with Crippen molar-refractivity contribution in [3.63, 3.8) is 0 Å². The maximum Gasteiger partial charge on any atom is 0.255 e. The van der Waals surface area contributed by atoms with Crippen LogP contribution in [0.2, 0.25) is 5.28 Å². The molecule has 0 radical (unpaired) electrons. The van der Waals surface area contributed by atoms with Gasteiger partial charge in [-0.1, -0.05) is 13.3 Å². The fraction of sp³-hybridized carbons (Fsp3) is 0.556. The Bertz CT molecular complexity index is 320. The minimum Gasteiger partial charge on any atom is -0.475 e. The molecule has 0 atom stereocenters. The quantitative estimate of drug-likeness (QED) is 0.576. The van der Waals surface area contributed by atoms with Crippen molar-refractivity contribution in [1.82, 2.24) is 9.97 Å². The number of rotatable bonds is 4. The van der Waals surface area contributed by atoms with Crippen LogP contribution < -0.4 is 4.74 Å². The van der Waals surface area contributed by atoms with E-state index < -0.39 is 5.82 Å². The number of nitrogens with zero attached hydrogens (tertiary/aromatic N) is 2. The first-order valence-corrected chi connectivity index (χ1v) is 4.85. The summed E-state index contributed by atoms with van der Waals surface area (Å²) < 4.78 is 18.4. The lowest BCUT2D eigenvalue weighted by molar-refractivity contribution is 0.280. The second kappa shape index (κ2) is 5.10. The predicted molar refractivity (Wildman–Crippen MR) is 52.1 cm³/mol. The van der Waals surface area contributed by atoms with Crippen molar-refractivity contribution in [3.8, 4) is 5.88 Å². The summed E-state index contributed by atoms with van der Waals surface area (Å²) in [7, 11) is 0. The number of unbranched alkanes of at least 4 members (excludes halogenated alkanes) is 1. The lowest BCUT2D eigenvalue weighted by Crippen LogP contribution is -2.04. The molecule has 5 heteroatoms. The standard InChI is InChI=1S/C9H12ClFN2O/c1-3-4-5-14-8-7(11)6(2)12-9(10)13-8/h3-5H2,1-2H3. The Labute approximate surface area is 87.3 Å². The molecular formula is C9H12ClFN2O. The van der Waals surface area contributed by atoms with Crippen LogP contribution in [-0.4, -0.2) is 16.6 Å². The molecule has 78 valence electrons. The van der Waals surface area contributed by atoms with Crippen LogP contribution in [0.5, 0.6) is 5.88 Å². The lowest BCUT2D eigenvalue weighted by atomic mass is 10.4. The van der Waals surface area contributed by atoms with Crippen LogP contribution in [0, 0.1) is 12.7 Å². The van der Waals surface area contributed by atoms with Gasteiger partial charge in [-0.3, -0.25) is 0 Å². The van der Waals surface area contributed by atoms with Gasteiger partial charge in [0.2, 0.25) is 11.1 Å². The van der Waals surface area contributed by atoms with Crippen LogP contribution in [0.1, 0.15) is 25.5 Å².